The van der Waals surface area contributed by atoms with Crippen molar-refractivity contribution in [2.75, 3.05) is 18.5 Å². The second kappa shape index (κ2) is 7.06. The average Bonchev–Trinajstić information content (AvgIpc) is 2.44. The van der Waals surface area contributed by atoms with Gasteiger partial charge in [0, 0.05) is 17.8 Å². The molecular formula is C18H29NO2. The Morgan fingerprint density at radius 2 is 1.67 bits per heavy atom. The Hall–Kier alpha value is -1.38. The van der Waals surface area contributed by atoms with Crippen LogP contribution in [0, 0.1) is 5.41 Å². The lowest BCUT2D eigenvalue weighted by Crippen LogP contribution is -2.29. The van der Waals surface area contributed by atoms with Crippen LogP contribution >= 0.6 is 0 Å². The molecule has 2 rings (SSSR count). The van der Waals surface area contributed by atoms with Crippen molar-refractivity contribution in [2.45, 2.75) is 59.4 Å². The van der Waals surface area contributed by atoms with E-state index in [1.807, 2.05) is 19.9 Å². The Kier molecular flexibility index (Phi) is 5.38. The van der Waals surface area contributed by atoms with Crippen LogP contribution in [0.1, 0.15) is 53.4 Å². The Morgan fingerprint density at radius 1 is 1.05 bits per heavy atom. The SMILES string of the molecule is CCOc1ccc(NC2CCC(C)(C)CC2)cc1OCC. The smallest absolute Gasteiger partial charge is 0.163 e. The first kappa shape index (κ1) is 16.0. The number of anilines is 1. The summed E-state index contributed by atoms with van der Waals surface area (Å²) in [5.74, 6) is 1.66. The van der Waals surface area contributed by atoms with Crippen LogP contribution in [0.5, 0.6) is 11.5 Å². The molecule has 1 aliphatic carbocycles. The van der Waals surface area contributed by atoms with Crippen molar-refractivity contribution in [3.63, 3.8) is 0 Å². The van der Waals surface area contributed by atoms with Crippen LogP contribution < -0.4 is 14.8 Å². The molecule has 0 spiro atoms. The molecule has 1 aromatic rings. The van der Waals surface area contributed by atoms with Crippen molar-refractivity contribution < 1.29 is 9.47 Å². The van der Waals surface area contributed by atoms with Crippen molar-refractivity contribution in [1.82, 2.24) is 0 Å². The van der Waals surface area contributed by atoms with Gasteiger partial charge in [0.2, 0.25) is 0 Å². The lowest BCUT2D eigenvalue weighted by Gasteiger charge is -2.35. The van der Waals surface area contributed by atoms with Crippen LogP contribution in [0.25, 0.3) is 0 Å². The summed E-state index contributed by atoms with van der Waals surface area (Å²) in [6, 6.07) is 6.73. The molecule has 0 unspecified atom stereocenters. The van der Waals surface area contributed by atoms with Gasteiger partial charge in [0.25, 0.3) is 0 Å². The molecule has 118 valence electrons. The van der Waals surface area contributed by atoms with E-state index in [1.54, 1.807) is 0 Å². The molecule has 0 aromatic heterocycles. The lowest BCUT2D eigenvalue weighted by molar-refractivity contribution is 0.232. The van der Waals surface area contributed by atoms with Gasteiger partial charge in [0.15, 0.2) is 11.5 Å². The highest BCUT2D eigenvalue weighted by molar-refractivity contribution is 5.55. The van der Waals surface area contributed by atoms with E-state index in [-0.39, 0.29) is 0 Å². The van der Waals surface area contributed by atoms with Crippen LogP contribution in [-0.4, -0.2) is 19.3 Å². The highest BCUT2D eigenvalue weighted by atomic mass is 16.5. The van der Waals surface area contributed by atoms with Gasteiger partial charge in [0.05, 0.1) is 13.2 Å². The predicted octanol–water partition coefficient (Wildman–Crippen LogP) is 4.86. The molecule has 0 amide bonds. The van der Waals surface area contributed by atoms with Gasteiger partial charge in [-0.15, -0.1) is 0 Å². The minimum absolute atomic E-state index is 0.507. The summed E-state index contributed by atoms with van der Waals surface area (Å²) in [6.07, 6.45) is 5.06. The predicted molar refractivity (Wildman–Crippen MR) is 88.4 cm³/mol. The van der Waals surface area contributed by atoms with Crippen molar-refractivity contribution in [3.8, 4) is 11.5 Å². The third kappa shape index (κ3) is 4.55. The van der Waals surface area contributed by atoms with Crippen LogP contribution in [0.2, 0.25) is 0 Å². The van der Waals surface area contributed by atoms with E-state index in [1.165, 1.54) is 25.7 Å². The Balaban J connectivity index is 2.01. The van der Waals surface area contributed by atoms with Crippen molar-refractivity contribution in [3.05, 3.63) is 18.2 Å². The minimum Gasteiger partial charge on any atom is -0.490 e. The summed E-state index contributed by atoms with van der Waals surface area (Å²) in [7, 11) is 0. The summed E-state index contributed by atoms with van der Waals surface area (Å²) in [4.78, 5) is 0. The van der Waals surface area contributed by atoms with Crippen LogP contribution in [0.4, 0.5) is 5.69 Å². The fraction of sp³-hybridized carbons (Fsp3) is 0.667. The minimum atomic E-state index is 0.507. The molecule has 1 aliphatic rings. The second-order valence-corrected chi connectivity index (χ2v) is 6.61. The van der Waals surface area contributed by atoms with Gasteiger partial charge >= 0.3 is 0 Å². The number of hydrogen-bond donors (Lipinski definition) is 1. The molecule has 3 nitrogen and oxygen atoms in total. The molecule has 3 heteroatoms. The van der Waals surface area contributed by atoms with E-state index in [0.717, 1.165) is 17.2 Å². The maximum absolute atomic E-state index is 5.69. The lowest BCUT2D eigenvalue weighted by atomic mass is 9.75. The van der Waals surface area contributed by atoms with E-state index in [0.29, 0.717) is 24.7 Å². The quantitative estimate of drug-likeness (QED) is 0.811. The standard InChI is InChI=1S/C18H29NO2/c1-5-20-16-8-7-15(13-17(16)21-6-2)19-14-9-11-18(3,4)12-10-14/h7-8,13-14,19H,5-6,9-12H2,1-4H3. The molecule has 1 aromatic carbocycles. The molecule has 0 atom stereocenters. The topological polar surface area (TPSA) is 30.5 Å². The maximum Gasteiger partial charge on any atom is 0.163 e. The molecule has 0 aliphatic heterocycles. The molecule has 21 heavy (non-hydrogen) atoms. The molecule has 0 heterocycles. The fourth-order valence-corrected chi connectivity index (χ4v) is 2.92. The van der Waals surface area contributed by atoms with Crippen molar-refractivity contribution in [2.24, 2.45) is 5.41 Å². The van der Waals surface area contributed by atoms with E-state index in [4.69, 9.17) is 9.47 Å². The van der Waals surface area contributed by atoms with Gasteiger partial charge in [-0.05, 0) is 57.1 Å². The first-order valence-corrected chi connectivity index (χ1v) is 8.20. The van der Waals surface area contributed by atoms with Gasteiger partial charge < -0.3 is 14.8 Å². The Morgan fingerprint density at radius 3 is 2.29 bits per heavy atom. The molecular weight excluding hydrogens is 262 g/mol. The zero-order valence-electron chi connectivity index (χ0n) is 13.9. The summed E-state index contributed by atoms with van der Waals surface area (Å²) in [5.41, 5.74) is 1.64. The first-order valence-electron chi connectivity index (χ1n) is 8.20. The number of ether oxygens (including phenoxy) is 2. The third-order valence-corrected chi connectivity index (χ3v) is 4.25. The van der Waals surface area contributed by atoms with E-state index in [2.05, 4.69) is 31.3 Å². The largest absolute Gasteiger partial charge is 0.490 e. The van der Waals surface area contributed by atoms with Gasteiger partial charge in [0.1, 0.15) is 0 Å². The highest BCUT2D eigenvalue weighted by Gasteiger charge is 2.26. The first-order chi connectivity index (χ1) is 10.0. The Labute approximate surface area is 129 Å². The van der Waals surface area contributed by atoms with Crippen LogP contribution in [0.3, 0.4) is 0 Å². The highest BCUT2D eigenvalue weighted by Crippen LogP contribution is 2.37. The number of benzene rings is 1. The monoisotopic (exact) mass is 291 g/mol. The van der Waals surface area contributed by atoms with E-state index >= 15 is 0 Å². The second-order valence-electron chi connectivity index (χ2n) is 6.61. The zero-order valence-corrected chi connectivity index (χ0v) is 13.9. The molecule has 0 saturated heterocycles. The fourth-order valence-electron chi connectivity index (χ4n) is 2.92. The van der Waals surface area contributed by atoms with Crippen LogP contribution in [0.15, 0.2) is 18.2 Å². The third-order valence-electron chi connectivity index (χ3n) is 4.25. The summed E-state index contributed by atoms with van der Waals surface area (Å²) in [6.45, 7) is 10.0. The number of hydrogen-bond acceptors (Lipinski definition) is 3. The van der Waals surface area contributed by atoms with E-state index in [9.17, 15) is 0 Å². The molecule has 0 bridgehead atoms. The number of rotatable bonds is 6. The number of nitrogens with one attached hydrogen (secondary N) is 1. The summed E-state index contributed by atoms with van der Waals surface area (Å²) < 4.78 is 11.3. The molecule has 1 fully saturated rings. The van der Waals surface area contributed by atoms with Crippen LogP contribution in [-0.2, 0) is 0 Å². The van der Waals surface area contributed by atoms with Crippen molar-refractivity contribution >= 4 is 5.69 Å². The van der Waals surface area contributed by atoms with Gasteiger partial charge in [-0.1, -0.05) is 13.8 Å². The summed E-state index contributed by atoms with van der Waals surface area (Å²) >= 11 is 0. The van der Waals surface area contributed by atoms with Gasteiger partial charge in [-0.2, -0.15) is 0 Å². The molecule has 1 saturated carbocycles. The normalized spacial score (nSPS) is 18.3. The maximum atomic E-state index is 5.69. The van der Waals surface area contributed by atoms with Gasteiger partial charge in [-0.25, -0.2) is 0 Å². The van der Waals surface area contributed by atoms with Crippen molar-refractivity contribution in [1.29, 1.82) is 0 Å². The average molecular weight is 291 g/mol. The zero-order chi connectivity index (χ0) is 15.3. The van der Waals surface area contributed by atoms with E-state index < -0.39 is 0 Å². The van der Waals surface area contributed by atoms with Gasteiger partial charge in [-0.3, -0.25) is 0 Å². The Bertz CT molecular complexity index is 447. The summed E-state index contributed by atoms with van der Waals surface area (Å²) in [5, 5.41) is 3.65. The molecule has 1 N–H and O–H groups in total. The molecule has 0 radical (unpaired) electrons.